The minimum absolute atomic E-state index is 0.296. The Balaban J connectivity index is 2.17. The highest BCUT2D eigenvalue weighted by Crippen LogP contribution is 2.28. The zero-order valence-electron chi connectivity index (χ0n) is 15.5. The SMILES string of the molecule is CCCc1cc(=O)oc2c(C)c(OCC(=O)N[C@@H](CC(=O)O)C(=O)O)ccc12. The highest BCUT2D eigenvalue weighted by molar-refractivity contribution is 5.88. The van der Waals surface area contributed by atoms with E-state index in [-0.39, 0.29) is 0 Å². The van der Waals surface area contributed by atoms with Gasteiger partial charge in [0.2, 0.25) is 0 Å². The maximum absolute atomic E-state index is 11.9. The lowest BCUT2D eigenvalue weighted by Gasteiger charge is -2.14. The summed E-state index contributed by atoms with van der Waals surface area (Å²) in [4.78, 5) is 45.4. The van der Waals surface area contributed by atoms with Crippen LogP contribution in [-0.2, 0) is 20.8 Å². The van der Waals surface area contributed by atoms with Crippen LogP contribution < -0.4 is 15.7 Å². The fraction of sp³-hybridized carbons (Fsp3) is 0.368. The van der Waals surface area contributed by atoms with Gasteiger partial charge in [0.1, 0.15) is 17.4 Å². The predicted molar refractivity (Wildman–Crippen MR) is 98.5 cm³/mol. The summed E-state index contributed by atoms with van der Waals surface area (Å²) < 4.78 is 10.7. The summed E-state index contributed by atoms with van der Waals surface area (Å²) in [7, 11) is 0. The van der Waals surface area contributed by atoms with Crippen LogP contribution in [0.25, 0.3) is 11.0 Å². The topological polar surface area (TPSA) is 143 Å². The molecule has 0 saturated carbocycles. The Hall–Kier alpha value is -3.36. The molecule has 0 spiro atoms. The quantitative estimate of drug-likeness (QED) is 0.545. The van der Waals surface area contributed by atoms with Gasteiger partial charge in [-0.15, -0.1) is 0 Å². The van der Waals surface area contributed by atoms with Crippen molar-refractivity contribution in [3.8, 4) is 5.75 Å². The van der Waals surface area contributed by atoms with Crippen LogP contribution in [0.4, 0.5) is 0 Å². The molecule has 0 radical (unpaired) electrons. The minimum Gasteiger partial charge on any atom is -0.483 e. The molecular formula is C19H21NO8. The van der Waals surface area contributed by atoms with Gasteiger partial charge >= 0.3 is 17.6 Å². The summed E-state index contributed by atoms with van der Waals surface area (Å²) in [6, 6.07) is 3.26. The molecule has 9 nitrogen and oxygen atoms in total. The van der Waals surface area contributed by atoms with E-state index in [1.165, 1.54) is 6.07 Å². The Bertz CT molecular complexity index is 962. The van der Waals surface area contributed by atoms with Gasteiger partial charge in [-0.2, -0.15) is 0 Å². The van der Waals surface area contributed by atoms with E-state index >= 15 is 0 Å². The summed E-state index contributed by atoms with van der Waals surface area (Å²) in [6.45, 7) is 3.16. The monoisotopic (exact) mass is 391 g/mol. The molecule has 2 rings (SSSR count). The Morgan fingerprint density at radius 3 is 2.57 bits per heavy atom. The maximum Gasteiger partial charge on any atom is 0.336 e. The van der Waals surface area contributed by atoms with Crippen molar-refractivity contribution in [3.05, 3.63) is 39.7 Å². The van der Waals surface area contributed by atoms with E-state index < -0.39 is 42.5 Å². The van der Waals surface area contributed by atoms with Gasteiger partial charge in [-0.25, -0.2) is 9.59 Å². The second-order valence-corrected chi connectivity index (χ2v) is 6.25. The fourth-order valence-electron chi connectivity index (χ4n) is 2.79. The first-order valence-electron chi connectivity index (χ1n) is 8.66. The second kappa shape index (κ2) is 9.03. The highest BCUT2D eigenvalue weighted by atomic mass is 16.5. The number of amides is 1. The van der Waals surface area contributed by atoms with E-state index in [2.05, 4.69) is 5.32 Å². The van der Waals surface area contributed by atoms with Crippen LogP contribution in [0.1, 0.15) is 30.9 Å². The normalized spacial score (nSPS) is 11.8. The number of benzene rings is 1. The zero-order chi connectivity index (χ0) is 20.8. The summed E-state index contributed by atoms with van der Waals surface area (Å²) in [6.07, 6.45) is 0.822. The number of carboxylic acids is 2. The third-order valence-corrected chi connectivity index (χ3v) is 4.09. The van der Waals surface area contributed by atoms with E-state index in [9.17, 15) is 19.2 Å². The minimum atomic E-state index is -1.55. The molecule has 1 aromatic carbocycles. The molecule has 0 aliphatic rings. The summed E-state index contributed by atoms with van der Waals surface area (Å²) in [5.74, 6) is -3.29. The van der Waals surface area contributed by atoms with Crippen molar-refractivity contribution < 1.29 is 33.8 Å². The fourth-order valence-corrected chi connectivity index (χ4v) is 2.79. The third-order valence-electron chi connectivity index (χ3n) is 4.09. The van der Waals surface area contributed by atoms with E-state index in [1.54, 1.807) is 19.1 Å². The van der Waals surface area contributed by atoms with Crippen molar-refractivity contribution in [2.75, 3.05) is 6.61 Å². The number of aliphatic carboxylic acids is 2. The number of carbonyl (C=O) groups excluding carboxylic acids is 1. The lowest BCUT2D eigenvalue weighted by Crippen LogP contribution is -2.44. The van der Waals surface area contributed by atoms with Gasteiger partial charge in [-0.3, -0.25) is 9.59 Å². The van der Waals surface area contributed by atoms with Crippen LogP contribution in [0.15, 0.2) is 27.4 Å². The van der Waals surface area contributed by atoms with E-state index in [0.29, 0.717) is 23.3 Å². The first-order valence-corrected chi connectivity index (χ1v) is 8.66. The molecule has 28 heavy (non-hydrogen) atoms. The number of carboxylic acid groups (broad SMARTS) is 2. The molecule has 0 bridgehead atoms. The van der Waals surface area contributed by atoms with Gasteiger partial charge in [-0.05, 0) is 31.0 Å². The molecule has 0 unspecified atom stereocenters. The van der Waals surface area contributed by atoms with Crippen LogP contribution in [0.3, 0.4) is 0 Å². The largest absolute Gasteiger partial charge is 0.483 e. The molecule has 0 aliphatic heterocycles. The van der Waals surface area contributed by atoms with Crippen molar-refractivity contribution in [1.29, 1.82) is 0 Å². The van der Waals surface area contributed by atoms with E-state index in [1.807, 2.05) is 6.92 Å². The molecule has 2 aromatic rings. The van der Waals surface area contributed by atoms with Crippen molar-refractivity contribution in [1.82, 2.24) is 5.32 Å². The molecule has 1 aromatic heterocycles. The number of carbonyl (C=O) groups is 3. The molecular weight excluding hydrogens is 370 g/mol. The summed E-state index contributed by atoms with van der Waals surface area (Å²) >= 11 is 0. The van der Waals surface area contributed by atoms with Crippen LogP contribution in [0, 0.1) is 6.92 Å². The van der Waals surface area contributed by atoms with Gasteiger partial charge in [-0.1, -0.05) is 13.3 Å². The second-order valence-electron chi connectivity index (χ2n) is 6.25. The van der Waals surface area contributed by atoms with Crippen molar-refractivity contribution in [2.45, 2.75) is 39.2 Å². The van der Waals surface area contributed by atoms with Gasteiger partial charge in [0.05, 0.1) is 6.42 Å². The van der Waals surface area contributed by atoms with Crippen LogP contribution in [-0.4, -0.2) is 40.7 Å². The molecule has 1 amide bonds. The molecule has 0 aliphatic carbocycles. The third kappa shape index (κ3) is 5.09. The summed E-state index contributed by atoms with van der Waals surface area (Å²) in [5, 5.41) is 20.5. The van der Waals surface area contributed by atoms with Gasteiger partial charge in [0.15, 0.2) is 6.61 Å². The smallest absolute Gasteiger partial charge is 0.336 e. The number of fused-ring (bicyclic) bond motifs is 1. The molecule has 0 fully saturated rings. The number of rotatable bonds is 9. The molecule has 9 heteroatoms. The Morgan fingerprint density at radius 2 is 1.96 bits per heavy atom. The lowest BCUT2D eigenvalue weighted by atomic mass is 10.0. The predicted octanol–water partition coefficient (Wildman–Crippen LogP) is 1.48. The number of hydrogen-bond acceptors (Lipinski definition) is 6. The molecule has 150 valence electrons. The van der Waals surface area contributed by atoms with Crippen molar-refractivity contribution in [3.63, 3.8) is 0 Å². The number of hydrogen-bond donors (Lipinski definition) is 3. The number of nitrogens with one attached hydrogen (secondary N) is 1. The standard InChI is InChI=1S/C19H21NO8/c1-3-4-11-7-17(24)28-18-10(2)14(6-5-12(11)18)27-9-15(21)20-13(19(25)26)8-16(22)23/h5-7,13H,3-4,8-9H2,1-2H3,(H,20,21)(H,22,23)(H,25,26)/t13-/m0/s1. The number of aryl methyl sites for hydroxylation is 2. The average molecular weight is 391 g/mol. The van der Waals surface area contributed by atoms with Crippen LogP contribution in [0.2, 0.25) is 0 Å². The van der Waals surface area contributed by atoms with E-state index in [4.69, 9.17) is 19.4 Å². The van der Waals surface area contributed by atoms with E-state index in [0.717, 1.165) is 17.4 Å². The Kier molecular flexibility index (Phi) is 6.75. The Morgan fingerprint density at radius 1 is 1.25 bits per heavy atom. The highest BCUT2D eigenvalue weighted by Gasteiger charge is 2.23. The Labute approximate surface area is 159 Å². The average Bonchev–Trinajstić information content (AvgIpc) is 2.61. The first kappa shape index (κ1) is 20.9. The molecule has 0 saturated heterocycles. The maximum atomic E-state index is 11.9. The molecule has 1 atom stereocenters. The van der Waals surface area contributed by atoms with Gasteiger partial charge in [0, 0.05) is 17.0 Å². The van der Waals surface area contributed by atoms with Gasteiger partial charge < -0.3 is 24.7 Å². The van der Waals surface area contributed by atoms with Crippen molar-refractivity contribution >= 4 is 28.8 Å². The van der Waals surface area contributed by atoms with Gasteiger partial charge in [0.25, 0.3) is 5.91 Å². The summed E-state index contributed by atoms with van der Waals surface area (Å²) in [5.41, 5.74) is 1.27. The van der Waals surface area contributed by atoms with Crippen LogP contribution >= 0.6 is 0 Å². The first-order chi connectivity index (χ1) is 13.2. The molecule has 1 heterocycles. The lowest BCUT2D eigenvalue weighted by molar-refractivity contribution is -0.147. The van der Waals surface area contributed by atoms with Crippen LogP contribution in [0.5, 0.6) is 5.75 Å². The van der Waals surface area contributed by atoms with Crippen molar-refractivity contribution in [2.24, 2.45) is 0 Å². The number of ether oxygens (including phenoxy) is 1. The molecule has 3 N–H and O–H groups in total. The zero-order valence-corrected chi connectivity index (χ0v) is 15.5.